The summed E-state index contributed by atoms with van der Waals surface area (Å²) in [5.74, 6) is 0.446. The molecule has 3 rings (SSSR count). The van der Waals surface area contributed by atoms with Crippen LogP contribution in [0.15, 0.2) is 57.8 Å². The predicted octanol–water partition coefficient (Wildman–Crippen LogP) is 2.93. The van der Waals surface area contributed by atoms with E-state index in [0.717, 1.165) is 10.0 Å². The standard InChI is InChI=1S/C18H16BrN3O2/c19-13-5-3-4-12(10-13)11-20-17(23)9-8-16-21-15-7-2-1-6-14(15)18(24)22-16/h1-7,10H,8-9,11H2,(H,20,23)(H,21,22,24). The molecule has 1 aromatic heterocycles. The van der Waals surface area contributed by atoms with Gasteiger partial charge < -0.3 is 10.3 Å². The minimum absolute atomic E-state index is 0.0780. The van der Waals surface area contributed by atoms with Crippen LogP contribution in [0.4, 0.5) is 0 Å². The van der Waals surface area contributed by atoms with E-state index in [1.54, 1.807) is 18.2 Å². The highest BCUT2D eigenvalue weighted by molar-refractivity contribution is 9.10. The predicted molar refractivity (Wildman–Crippen MR) is 96.7 cm³/mol. The SMILES string of the molecule is O=C(CCc1nc2ccccc2c(=O)[nH]1)NCc1cccc(Br)c1. The van der Waals surface area contributed by atoms with E-state index in [4.69, 9.17) is 0 Å². The number of rotatable bonds is 5. The molecule has 0 radical (unpaired) electrons. The van der Waals surface area contributed by atoms with Crippen molar-refractivity contribution in [1.29, 1.82) is 0 Å². The zero-order valence-electron chi connectivity index (χ0n) is 12.9. The van der Waals surface area contributed by atoms with Gasteiger partial charge in [0, 0.05) is 23.9 Å². The number of halogens is 1. The van der Waals surface area contributed by atoms with Crippen LogP contribution in [0.25, 0.3) is 10.9 Å². The highest BCUT2D eigenvalue weighted by atomic mass is 79.9. The van der Waals surface area contributed by atoms with Crippen LogP contribution in [-0.2, 0) is 17.8 Å². The lowest BCUT2D eigenvalue weighted by atomic mass is 10.2. The summed E-state index contributed by atoms with van der Waals surface area (Å²) in [7, 11) is 0. The number of aryl methyl sites for hydroxylation is 1. The van der Waals surface area contributed by atoms with Crippen LogP contribution in [0.2, 0.25) is 0 Å². The Labute approximate surface area is 147 Å². The second-order valence-corrected chi connectivity index (χ2v) is 6.35. The second kappa shape index (κ2) is 7.40. The summed E-state index contributed by atoms with van der Waals surface area (Å²) in [6, 6.07) is 14.9. The first-order valence-corrected chi connectivity index (χ1v) is 8.40. The lowest BCUT2D eigenvalue weighted by Gasteiger charge is -2.06. The number of nitrogens with zero attached hydrogens (tertiary/aromatic N) is 1. The Morgan fingerprint density at radius 2 is 2.00 bits per heavy atom. The van der Waals surface area contributed by atoms with Crippen molar-refractivity contribution in [3.63, 3.8) is 0 Å². The lowest BCUT2D eigenvalue weighted by molar-refractivity contribution is -0.121. The summed E-state index contributed by atoms with van der Waals surface area (Å²) in [5.41, 5.74) is 1.49. The van der Waals surface area contributed by atoms with Gasteiger partial charge in [-0.1, -0.05) is 40.2 Å². The van der Waals surface area contributed by atoms with Gasteiger partial charge in [0.1, 0.15) is 5.82 Å². The lowest BCUT2D eigenvalue weighted by Crippen LogP contribution is -2.23. The molecule has 0 bridgehead atoms. The van der Waals surface area contributed by atoms with Gasteiger partial charge in [-0.25, -0.2) is 4.98 Å². The number of benzene rings is 2. The van der Waals surface area contributed by atoms with E-state index in [-0.39, 0.29) is 17.9 Å². The number of aromatic nitrogens is 2. The van der Waals surface area contributed by atoms with Gasteiger partial charge in [0.2, 0.25) is 5.91 Å². The minimum Gasteiger partial charge on any atom is -0.352 e. The first kappa shape index (κ1) is 16.4. The molecule has 0 saturated heterocycles. The Hall–Kier alpha value is -2.47. The maximum Gasteiger partial charge on any atom is 0.258 e. The smallest absolute Gasteiger partial charge is 0.258 e. The molecular weight excluding hydrogens is 370 g/mol. The second-order valence-electron chi connectivity index (χ2n) is 5.44. The van der Waals surface area contributed by atoms with Crippen molar-refractivity contribution in [2.75, 3.05) is 0 Å². The van der Waals surface area contributed by atoms with Gasteiger partial charge in [-0.2, -0.15) is 0 Å². The maximum atomic E-state index is 12.0. The fourth-order valence-electron chi connectivity index (χ4n) is 2.42. The zero-order valence-corrected chi connectivity index (χ0v) is 14.5. The molecule has 1 amide bonds. The number of fused-ring (bicyclic) bond motifs is 1. The Bertz CT molecular complexity index is 937. The monoisotopic (exact) mass is 385 g/mol. The van der Waals surface area contributed by atoms with E-state index < -0.39 is 0 Å². The van der Waals surface area contributed by atoms with Crippen molar-refractivity contribution in [1.82, 2.24) is 15.3 Å². The molecule has 0 saturated carbocycles. The highest BCUT2D eigenvalue weighted by Crippen LogP contribution is 2.11. The van der Waals surface area contributed by atoms with Crippen molar-refractivity contribution in [2.24, 2.45) is 0 Å². The normalized spacial score (nSPS) is 10.7. The van der Waals surface area contributed by atoms with Gasteiger partial charge in [-0.3, -0.25) is 9.59 Å². The molecule has 122 valence electrons. The summed E-state index contributed by atoms with van der Waals surface area (Å²) in [4.78, 5) is 31.1. The number of para-hydroxylation sites is 1. The summed E-state index contributed by atoms with van der Waals surface area (Å²) in [6.45, 7) is 0.472. The van der Waals surface area contributed by atoms with Crippen LogP contribution in [0.3, 0.4) is 0 Å². The minimum atomic E-state index is -0.176. The van der Waals surface area contributed by atoms with Gasteiger partial charge in [-0.15, -0.1) is 0 Å². The number of hydrogen-bond donors (Lipinski definition) is 2. The number of carbonyl (C=O) groups excluding carboxylic acids is 1. The number of nitrogens with one attached hydrogen (secondary N) is 2. The maximum absolute atomic E-state index is 12.0. The van der Waals surface area contributed by atoms with E-state index >= 15 is 0 Å². The Morgan fingerprint density at radius 3 is 2.83 bits per heavy atom. The number of aromatic amines is 1. The number of hydrogen-bond acceptors (Lipinski definition) is 3. The molecule has 2 N–H and O–H groups in total. The van der Waals surface area contributed by atoms with E-state index in [2.05, 4.69) is 31.2 Å². The average Bonchev–Trinajstić information content (AvgIpc) is 2.58. The topological polar surface area (TPSA) is 74.8 Å². The van der Waals surface area contributed by atoms with Crippen LogP contribution in [0.5, 0.6) is 0 Å². The van der Waals surface area contributed by atoms with Crippen LogP contribution in [0, 0.1) is 0 Å². The van der Waals surface area contributed by atoms with Crippen LogP contribution >= 0.6 is 15.9 Å². The fourth-order valence-corrected chi connectivity index (χ4v) is 2.87. The quantitative estimate of drug-likeness (QED) is 0.708. The van der Waals surface area contributed by atoms with Gasteiger partial charge in [0.15, 0.2) is 0 Å². The Morgan fingerprint density at radius 1 is 1.17 bits per heavy atom. The van der Waals surface area contributed by atoms with E-state index in [1.807, 2.05) is 30.3 Å². The summed E-state index contributed by atoms with van der Waals surface area (Å²) in [5, 5.41) is 3.42. The van der Waals surface area contributed by atoms with Crippen molar-refractivity contribution in [2.45, 2.75) is 19.4 Å². The summed E-state index contributed by atoms with van der Waals surface area (Å²) >= 11 is 3.40. The van der Waals surface area contributed by atoms with Crippen LogP contribution in [0.1, 0.15) is 17.8 Å². The van der Waals surface area contributed by atoms with E-state index in [1.165, 1.54) is 0 Å². The molecule has 24 heavy (non-hydrogen) atoms. The largest absolute Gasteiger partial charge is 0.352 e. The van der Waals surface area contributed by atoms with Gasteiger partial charge in [0.25, 0.3) is 5.56 Å². The molecule has 1 heterocycles. The number of carbonyl (C=O) groups is 1. The highest BCUT2D eigenvalue weighted by Gasteiger charge is 2.07. The zero-order chi connectivity index (χ0) is 16.9. The molecule has 6 heteroatoms. The van der Waals surface area contributed by atoms with E-state index in [0.29, 0.717) is 29.7 Å². The molecule has 3 aromatic rings. The third-order valence-corrected chi connectivity index (χ3v) is 4.12. The Kier molecular flexibility index (Phi) is 5.05. The van der Waals surface area contributed by atoms with Crippen LogP contribution < -0.4 is 10.9 Å². The van der Waals surface area contributed by atoms with Gasteiger partial charge in [0.05, 0.1) is 10.9 Å². The third-order valence-electron chi connectivity index (χ3n) is 3.63. The first-order valence-electron chi connectivity index (χ1n) is 7.61. The molecule has 0 aliphatic rings. The molecule has 0 aliphatic heterocycles. The third kappa shape index (κ3) is 4.08. The van der Waals surface area contributed by atoms with Crippen LogP contribution in [-0.4, -0.2) is 15.9 Å². The Balaban J connectivity index is 1.59. The molecule has 0 unspecified atom stereocenters. The summed E-state index contributed by atoms with van der Waals surface area (Å²) < 4.78 is 0.979. The van der Waals surface area contributed by atoms with Crippen molar-refractivity contribution in [3.05, 3.63) is 74.7 Å². The van der Waals surface area contributed by atoms with Gasteiger partial charge in [-0.05, 0) is 29.8 Å². The number of H-pyrrole nitrogens is 1. The van der Waals surface area contributed by atoms with Crippen molar-refractivity contribution < 1.29 is 4.79 Å². The molecule has 5 nitrogen and oxygen atoms in total. The van der Waals surface area contributed by atoms with E-state index in [9.17, 15) is 9.59 Å². The molecule has 0 fully saturated rings. The molecule has 0 atom stereocenters. The molecular formula is C18H16BrN3O2. The average molecular weight is 386 g/mol. The number of amides is 1. The molecule has 2 aromatic carbocycles. The molecule has 0 aliphatic carbocycles. The fraction of sp³-hybridized carbons (Fsp3) is 0.167. The van der Waals surface area contributed by atoms with Gasteiger partial charge >= 0.3 is 0 Å². The summed E-state index contributed by atoms with van der Waals surface area (Å²) in [6.07, 6.45) is 0.666. The molecule has 0 spiro atoms. The van der Waals surface area contributed by atoms with Crippen molar-refractivity contribution in [3.8, 4) is 0 Å². The first-order chi connectivity index (χ1) is 11.6. The van der Waals surface area contributed by atoms with Crippen molar-refractivity contribution >= 4 is 32.7 Å².